The van der Waals surface area contributed by atoms with Gasteiger partial charge >= 0.3 is 0 Å². The summed E-state index contributed by atoms with van der Waals surface area (Å²) in [5.41, 5.74) is 0.867. The fourth-order valence-electron chi connectivity index (χ4n) is 2.18. The fraction of sp³-hybridized carbons (Fsp3) is 0.438. The number of carbonyl (C=O) groups is 1. The smallest absolute Gasteiger partial charge is 0.257 e. The van der Waals surface area contributed by atoms with Crippen LogP contribution in [0.15, 0.2) is 34.9 Å². The van der Waals surface area contributed by atoms with Crippen LogP contribution in [0, 0.1) is 5.92 Å². The lowest BCUT2D eigenvalue weighted by molar-refractivity contribution is -0.120. The Hall–Kier alpha value is -2.21. The van der Waals surface area contributed by atoms with Crippen LogP contribution in [0.25, 0.3) is 11.5 Å². The van der Waals surface area contributed by atoms with E-state index in [1.807, 2.05) is 37.3 Å². The number of hydrogen-bond donors (Lipinski definition) is 2. The van der Waals surface area contributed by atoms with Gasteiger partial charge < -0.3 is 15.2 Å². The summed E-state index contributed by atoms with van der Waals surface area (Å²) in [5.74, 6) is 1.65. The number of benzene rings is 1. The molecule has 1 saturated carbocycles. The van der Waals surface area contributed by atoms with E-state index in [4.69, 9.17) is 4.52 Å². The van der Waals surface area contributed by atoms with Gasteiger partial charge in [-0.1, -0.05) is 23.4 Å². The quantitative estimate of drug-likeness (QED) is 0.816. The van der Waals surface area contributed by atoms with Gasteiger partial charge in [0.1, 0.15) is 0 Å². The van der Waals surface area contributed by atoms with Crippen LogP contribution in [0.2, 0.25) is 0 Å². The number of carbonyl (C=O) groups excluding carboxylic acids is 1. The minimum atomic E-state index is -0.281. The van der Waals surface area contributed by atoms with Crippen molar-refractivity contribution in [3.8, 4) is 11.5 Å². The molecule has 116 valence electrons. The largest absolute Gasteiger partial charge is 0.345 e. The summed E-state index contributed by atoms with van der Waals surface area (Å²) in [6, 6.07) is 9.28. The SMILES string of the molecule is CC(NC(=O)CNCC1CC1)c1noc(-c2ccccc2)n1. The molecule has 0 spiro atoms. The van der Waals surface area contributed by atoms with Crippen molar-refractivity contribution < 1.29 is 9.32 Å². The maximum atomic E-state index is 11.8. The molecular formula is C16H20N4O2. The van der Waals surface area contributed by atoms with Crippen molar-refractivity contribution in [1.82, 2.24) is 20.8 Å². The van der Waals surface area contributed by atoms with Crippen LogP contribution in [-0.2, 0) is 4.79 Å². The van der Waals surface area contributed by atoms with Crippen LogP contribution in [0.4, 0.5) is 0 Å². The van der Waals surface area contributed by atoms with Crippen molar-refractivity contribution in [2.24, 2.45) is 5.92 Å². The lowest BCUT2D eigenvalue weighted by atomic mass is 10.2. The number of amides is 1. The Balaban J connectivity index is 1.52. The monoisotopic (exact) mass is 300 g/mol. The van der Waals surface area contributed by atoms with E-state index in [2.05, 4.69) is 20.8 Å². The first-order valence-electron chi connectivity index (χ1n) is 7.61. The molecule has 22 heavy (non-hydrogen) atoms. The summed E-state index contributed by atoms with van der Waals surface area (Å²) in [5, 5.41) is 9.97. The average Bonchev–Trinajstić information content (AvgIpc) is 3.21. The highest BCUT2D eigenvalue weighted by atomic mass is 16.5. The number of rotatable bonds is 7. The standard InChI is InChI=1S/C16H20N4O2/c1-11(18-14(21)10-17-9-12-7-8-12)15-19-16(22-20-15)13-5-3-2-4-6-13/h2-6,11-12,17H,7-10H2,1H3,(H,18,21). The Morgan fingerprint density at radius 1 is 1.36 bits per heavy atom. The van der Waals surface area contributed by atoms with Crippen LogP contribution in [0.1, 0.15) is 31.6 Å². The molecule has 6 nitrogen and oxygen atoms in total. The van der Waals surface area contributed by atoms with Crippen molar-refractivity contribution in [2.75, 3.05) is 13.1 Å². The van der Waals surface area contributed by atoms with Crippen LogP contribution in [-0.4, -0.2) is 29.1 Å². The summed E-state index contributed by atoms with van der Waals surface area (Å²) in [6.45, 7) is 3.09. The molecule has 1 aliphatic rings. The minimum absolute atomic E-state index is 0.0563. The topological polar surface area (TPSA) is 80.0 Å². The van der Waals surface area contributed by atoms with Gasteiger partial charge in [0.15, 0.2) is 5.82 Å². The molecule has 0 aliphatic heterocycles. The molecule has 1 aromatic heterocycles. The average molecular weight is 300 g/mol. The first kappa shape index (κ1) is 14.7. The van der Waals surface area contributed by atoms with E-state index in [-0.39, 0.29) is 11.9 Å². The van der Waals surface area contributed by atoms with Gasteiger partial charge in [-0.05, 0) is 44.4 Å². The van der Waals surface area contributed by atoms with Gasteiger partial charge in [-0.25, -0.2) is 0 Å². The zero-order chi connectivity index (χ0) is 15.4. The van der Waals surface area contributed by atoms with Crippen molar-refractivity contribution in [2.45, 2.75) is 25.8 Å². The fourth-order valence-corrected chi connectivity index (χ4v) is 2.18. The molecular weight excluding hydrogens is 280 g/mol. The van der Waals surface area contributed by atoms with Crippen LogP contribution in [0.3, 0.4) is 0 Å². The van der Waals surface area contributed by atoms with Crippen LogP contribution in [0.5, 0.6) is 0 Å². The third-order valence-electron chi connectivity index (χ3n) is 3.64. The number of nitrogens with zero attached hydrogens (tertiary/aromatic N) is 2. The highest BCUT2D eigenvalue weighted by molar-refractivity contribution is 5.78. The molecule has 1 fully saturated rings. The molecule has 0 bridgehead atoms. The number of aromatic nitrogens is 2. The molecule has 2 aromatic rings. The third kappa shape index (κ3) is 3.92. The summed E-state index contributed by atoms with van der Waals surface area (Å²) < 4.78 is 5.25. The molecule has 2 N–H and O–H groups in total. The first-order chi connectivity index (χ1) is 10.7. The van der Waals surface area contributed by atoms with Crippen molar-refractivity contribution in [1.29, 1.82) is 0 Å². The second-order valence-corrected chi connectivity index (χ2v) is 5.69. The van der Waals surface area contributed by atoms with Crippen LogP contribution >= 0.6 is 0 Å². The zero-order valence-corrected chi connectivity index (χ0v) is 12.6. The molecule has 3 rings (SSSR count). The lowest BCUT2D eigenvalue weighted by Gasteiger charge is -2.10. The summed E-state index contributed by atoms with van der Waals surface area (Å²) >= 11 is 0. The minimum Gasteiger partial charge on any atom is -0.345 e. The predicted molar refractivity (Wildman–Crippen MR) is 81.9 cm³/mol. The highest BCUT2D eigenvalue weighted by Gasteiger charge is 2.21. The molecule has 1 unspecified atom stereocenters. The highest BCUT2D eigenvalue weighted by Crippen LogP contribution is 2.27. The Kier molecular flexibility index (Phi) is 4.48. The lowest BCUT2D eigenvalue weighted by Crippen LogP contribution is -2.36. The van der Waals surface area contributed by atoms with Crippen molar-refractivity contribution in [3.05, 3.63) is 36.2 Å². The van der Waals surface area contributed by atoms with Gasteiger partial charge in [0.2, 0.25) is 5.91 Å². The van der Waals surface area contributed by atoms with Crippen molar-refractivity contribution in [3.63, 3.8) is 0 Å². The van der Waals surface area contributed by atoms with E-state index >= 15 is 0 Å². The first-order valence-corrected chi connectivity index (χ1v) is 7.61. The molecule has 0 radical (unpaired) electrons. The molecule has 1 aromatic carbocycles. The van der Waals surface area contributed by atoms with E-state index < -0.39 is 0 Å². The van der Waals surface area contributed by atoms with Gasteiger partial charge in [0.05, 0.1) is 12.6 Å². The molecule has 0 saturated heterocycles. The summed E-state index contributed by atoms with van der Waals surface area (Å²) in [4.78, 5) is 16.2. The summed E-state index contributed by atoms with van der Waals surface area (Å²) in [7, 11) is 0. The third-order valence-corrected chi connectivity index (χ3v) is 3.64. The second kappa shape index (κ2) is 6.70. The summed E-state index contributed by atoms with van der Waals surface area (Å²) in [6.07, 6.45) is 2.55. The van der Waals surface area contributed by atoms with Gasteiger partial charge in [-0.15, -0.1) is 0 Å². The Bertz CT molecular complexity index is 622. The van der Waals surface area contributed by atoms with E-state index in [0.717, 1.165) is 18.0 Å². The Morgan fingerprint density at radius 2 is 2.14 bits per heavy atom. The Labute approximate surface area is 129 Å². The van der Waals surface area contributed by atoms with E-state index in [0.29, 0.717) is 18.3 Å². The van der Waals surface area contributed by atoms with E-state index in [1.54, 1.807) is 0 Å². The molecule has 1 atom stereocenters. The van der Waals surface area contributed by atoms with Gasteiger partial charge in [0, 0.05) is 5.56 Å². The molecule has 6 heteroatoms. The van der Waals surface area contributed by atoms with Crippen molar-refractivity contribution >= 4 is 5.91 Å². The maximum absolute atomic E-state index is 11.8. The van der Waals surface area contributed by atoms with Gasteiger partial charge in [-0.2, -0.15) is 4.98 Å². The predicted octanol–water partition coefficient (Wildman–Crippen LogP) is 1.91. The maximum Gasteiger partial charge on any atom is 0.257 e. The second-order valence-electron chi connectivity index (χ2n) is 5.69. The van der Waals surface area contributed by atoms with Crippen LogP contribution < -0.4 is 10.6 Å². The Morgan fingerprint density at radius 3 is 2.86 bits per heavy atom. The van der Waals surface area contributed by atoms with E-state index in [9.17, 15) is 4.79 Å². The number of nitrogens with one attached hydrogen (secondary N) is 2. The number of hydrogen-bond acceptors (Lipinski definition) is 5. The van der Waals surface area contributed by atoms with E-state index in [1.165, 1.54) is 12.8 Å². The zero-order valence-electron chi connectivity index (χ0n) is 12.6. The van der Waals surface area contributed by atoms with Gasteiger partial charge in [0.25, 0.3) is 5.89 Å². The molecule has 1 heterocycles. The molecule has 1 amide bonds. The normalized spacial score (nSPS) is 15.5. The molecule has 1 aliphatic carbocycles. The van der Waals surface area contributed by atoms with Gasteiger partial charge in [-0.3, -0.25) is 4.79 Å².